The predicted molar refractivity (Wildman–Crippen MR) is 79.6 cm³/mol. The SMILES string of the molecule is CCNC(=NCc1ccnn1C)NCCC1CCCO1. The molecular formula is C14H25N5O. The summed E-state index contributed by atoms with van der Waals surface area (Å²) in [5.41, 5.74) is 1.10. The zero-order valence-corrected chi connectivity index (χ0v) is 12.4. The van der Waals surface area contributed by atoms with Gasteiger partial charge in [-0.15, -0.1) is 0 Å². The maximum atomic E-state index is 5.62. The molecule has 1 aromatic rings. The summed E-state index contributed by atoms with van der Waals surface area (Å²) in [6.07, 6.45) is 5.63. The predicted octanol–water partition coefficient (Wildman–Crippen LogP) is 1.04. The first-order valence-corrected chi connectivity index (χ1v) is 7.40. The van der Waals surface area contributed by atoms with E-state index < -0.39 is 0 Å². The van der Waals surface area contributed by atoms with Gasteiger partial charge in [0.05, 0.1) is 18.3 Å². The number of ether oxygens (including phenoxy) is 1. The van der Waals surface area contributed by atoms with Crippen molar-refractivity contribution < 1.29 is 4.74 Å². The molecule has 1 aliphatic heterocycles. The van der Waals surface area contributed by atoms with Gasteiger partial charge in [-0.1, -0.05) is 0 Å². The highest BCUT2D eigenvalue weighted by Crippen LogP contribution is 2.14. The van der Waals surface area contributed by atoms with Crippen LogP contribution < -0.4 is 10.6 Å². The summed E-state index contributed by atoms with van der Waals surface area (Å²) in [5, 5.41) is 10.8. The molecule has 20 heavy (non-hydrogen) atoms. The molecule has 1 unspecified atom stereocenters. The molecule has 1 saturated heterocycles. The highest BCUT2D eigenvalue weighted by Gasteiger charge is 2.14. The van der Waals surface area contributed by atoms with Crippen LogP contribution in [0.1, 0.15) is 31.9 Å². The zero-order valence-electron chi connectivity index (χ0n) is 12.4. The van der Waals surface area contributed by atoms with Crippen molar-refractivity contribution >= 4 is 5.96 Å². The molecule has 1 aliphatic rings. The Morgan fingerprint density at radius 3 is 3.10 bits per heavy atom. The Balaban J connectivity index is 1.78. The number of aliphatic imine (C=N–C) groups is 1. The topological polar surface area (TPSA) is 63.5 Å². The number of hydrogen-bond acceptors (Lipinski definition) is 3. The second-order valence-corrected chi connectivity index (χ2v) is 4.99. The number of aromatic nitrogens is 2. The number of hydrogen-bond donors (Lipinski definition) is 2. The van der Waals surface area contributed by atoms with Crippen molar-refractivity contribution in [2.24, 2.45) is 12.0 Å². The van der Waals surface area contributed by atoms with E-state index in [-0.39, 0.29) is 0 Å². The molecule has 112 valence electrons. The van der Waals surface area contributed by atoms with E-state index >= 15 is 0 Å². The molecule has 0 bridgehead atoms. The average molecular weight is 279 g/mol. The first-order chi connectivity index (χ1) is 9.79. The molecule has 0 aliphatic carbocycles. The van der Waals surface area contributed by atoms with E-state index in [0.717, 1.165) is 37.8 Å². The van der Waals surface area contributed by atoms with Crippen molar-refractivity contribution in [1.82, 2.24) is 20.4 Å². The summed E-state index contributed by atoms with van der Waals surface area (Å²) < 4.78 is 7.46. The molecule has 0 radical (unpaired) electrons. The maximum Gasteiger partial charge on any atom is 0.191 e. The average Bonchev–Trinajstić information content (AvgIpc) is 3.08. The molecule has 2 rings (SSSR count). The minimum atomic E-state index is 0.419. The highest BCUT2D eigenvalue weighted by molar-refractivity contribution is 5.79. The first kappa shape index (κ1) is 14.8. The van der Waals surface area contributed by atoms with Crippen molar-refractivity contribution in [2.75, 3.05) is 19.7 Å². The Morgan fingerprint density at radius 1 is 1.55 bits per heavy atom. The van der Waals surface area contributed by atoms with Gasteiger partial charge < -0.3 is 15.4 Å². The van der Waals surface area contributed by atoms with Crippen molar-refractivity contribution in [1.29, 1.82) is 0 Å². The van der Waals surface area contributed by atoms with E-state index in [1.54, 1.807) is 6.20 Å². The van der Waals surface area contributed by atoms with Crippen LogP contribution in [0.3, 0.4) is 0 Å². The molecule has 0 aromatic carbocycles. The summed E-state index contributed by atoms with van der Waals surface area (Å²) in [6, 6.07) is 1.99. The third-order valence-corrected chi connectivity index (χ3v) is 3.45. The molecular weight excluding hydrogens is 254 g/mol. The van der Waals surface area contributed by atoms with Crippen LogP contribution in [0, 0.1) is 0 Å². The van der Waals surface area contributed by atoms with Crippen molar-refractivity contribution in [3.05, 3.63) is 18.0 Å². The van der Waals surface area contributed by atoms with Crippen LogP contribution in [0.4, 0.5) is 0 Å². The lowest BCUT2D eigenvalue weighted by atomic mass is 10.2. The van der Waals surface area contributed by atoms with Crippen molar-refractivity contribution in [2.45, 2.75) is 38.8 Å². The fraction of sp³-hybridized carbons (Fsp3) is 0.714. The lowest BCUT2D eigenvalue weighted by Crippen LogP contribution is -2.38. The number of guanidine groups is 1. The third kappa shape index (κ3) is 4.52. The molecule has 2 heterocycles. The number of aryl methyl sites for hydroxylation is 1. The van der Waals surface area contributed by atoms with E-state index in [1.165, 1.54) is 12.8 Å². The second-order valence-electron chi connectivity index (χ2n) is 4.99. The summed E-state index contributed by atoms with van der Waals surface area (Å²) in [7, 11) is 1.93. The van der Waals surface area contributed by atoms with Gasteiger partial charge in [0.25, 0.3) is 0 Å². The van der Waals surface area contributed by atoms with Crippen LogP contribution in [-0.4, -0.2) is 41.5 Å². The largest absolute Gasteiger partial charge is 0.378 e. The molecule has 0 spiro atoms. The molecule has 0 amide bonds. The molecule has 6 heteroatoms. The summed E-state index contributed by atoms with van der Waals surface area (Å²) >= 11 is 0. The molecule has 1 fully saturated rings. The Kier molecular flexibility index (Phi) is 5.86. The Hall–Kier alpha value is -1.56. The fourth-order valence-corrected chi connectivity index (χ4v) is 2.28. The van der Waals surface area contributed by atoms with E-state index in [1.807, 2.05) is 17.8 Å². The van der Waals surface area contributed by atoms with E-state index in [9.17, 15) is 0 Å². The Bertz CT molecular complexity index is 423. The van der Waals surface area contributed by atoms with E-state index in [2.05, 4.69) is 27.6 Å². The fourth-order valence-electron chi connectivity index (χ4n) is 2.28. The molecule has 0 saturated carbocycles. The zero-order chi connectivity index (χ0) is 14.2. The Morgan fingerprint density at radius 2 is 2.45 bits per heavy atom. The standard InChI is InChI=1S/C14H25N5O/c1-3-15-14(16-8-7-13-5-4-10-20-13)17-11-12-6-9-18-19(12)2/h6,9,13H,3-5,7-8,10-11H2,1-2H3,(H2,15,16,17). The smallest absolute Gasteiger partial charge is 0.191 e. The molecule has 1 aromatic heterocycles. The Labute approximate surface area is 120 Å². The summed E-state index contributed by atoms with van der Waals surface area (Å²) in [6.45, 7) is 5.37. The highest BCUT2D eigenvalue weighted by atomic mass is 16.5. The van der Waals surface area contributed by atoms with Gasteiger partial charge in [0.1, 0.15) is 0 Å². The molecule has 2 N–H and O–H groups in total. The monoisotopic (exact) mass is 279 g/mol. The number of nitrogens with one attached hydrogen (secondary N) is 2. The van der Waals surface area contributed by atoms with Crippen LogP contribution in [0.5, 0.6) is 0 Å². The van der Waals surface area contributed by atoms with Gasteiger partial charge in [-0.2, -0.15) is 5.10 Å². The summed E-state index contributed by atoms with van der Waals surface area (Å²) in [4.78, 5) is 4.57. The van der Waals surface area contributed by atoms with Crippen LogP contribution in [0.15, 0.2) is 17.3 Å². The first-order valence-electron chi connectivity index (χ1n) is 7.40. The van der Waals surface area contributed by atoms with Crippen LogP contribution in [0.2, 0.25) is 0 Å². The van der Waals surface area contributed by atoms with Crippen molar-refractivity contribution in [3.8, 4) is 0 Å². The summed E-state index contributed by atoms with van der Waals surface area (Å²) in [5.74, 6) is 0.853. The normalized spacial score (nSPS) is 19.3. The van der Waals surface area contributed by atoms with Crippen molar-refractivity contribution in [3.63, 3.8) is 0 Å². The van der Waals surface area contributed by atoms with Gasteiger partial charge in [0.15, 0.2) is 5.96 Å². The number of rotatable bonds is 6. The lowest BCUT2D eigenvalue weighted by molar-refractivity contribution is 0.105. The number of nitrogens with zero attached hydrogens (tertiary/aromatic N) is 3. The van der Waals surface area contributed by atoms with Crippen LogP contribution >= 0.6 is 0 Å². The van der Waals surface area contributed by atoms with Gasteiger partial charge in [-0.3, -0.25) is 4.68 Å². The maximum absolute atomic E-state index is 5.62. The van der Waals surface area contributed by atoms with Gasteiger partial charge in [0.2, 0.25) is 0 Å². The molecule has 1 atom stereocenters. The van der Waals surface area contributed by atoms with Gasteiger partial charge >= 0.3 is 0 Å². The molecule has 6 nitrogen and oxygen atoms in total. The van der Waals surface area contributed by atoms with Crippen LogP contribution in [0.25, 0.3) is 0 Å². The minimum Gasteiger partial charge on any atom is -0.378 e. The minimum absolute atomic E-state index is 0.419. The second kappa shape index (κ2) is 7.89. The lowest BCUT2D eigenvalue weighted by Gasteiger charge is -2.13. The quantitative estimate of drug-likeness (QED) is 0.603. The third-order valence-electron chi connectivity index (χ3n) is 3.45. The van der Waals surface area contributed by atoms with E-state index in [0.29, 0.717) is 12.6 Å². The van der Waals surface area contributed by atoms with Gasteiger partial charge in [-0.05, 0) is 32.3 Å². The van der Waals surface area contributed by atoms with E-state index in [4.69, 9.17) is 4.74 Å². The van der Waals surface area contributed by atoms with Gasteiger partial charge in [0, 0.05) is 32.9 Å². The van der Waals surface area contributed by atoms with Crippen LogP contribution in [-0.2, 0) is 18.3 Å². The van der Waals surface area contributed by atoms with Gasteiger partial charge in [-0.25, -0.2) is 4.99 Å².